The Morgan fingerprint density at radius 1 is 1.10 bits per heavy atom. The van der Waals surface area contributed by atoms with Gasteiger partial charge in [-0.05, 0) is 59.8 Å². The van der Waals surface area contributed by atoms with Gasteiger partial charge in [-0.2, -0.15) is 0 Å². The van der Waals surface area contributed by atoms with Gasteiger partial charge in [-0.3, -0.25) is 0 Å². The van der Waals surface area contributed by atoms with Gasteiger partial charge >= 0.3 is 0 Å². The zero-order valence-electron chi connectivity index (χ0n) is 11.5. The lowest BCUT2D eigenvalue weighted by Gasteiger charge is -2.08. The van der Waals surface area contributed by atoms with Crippen molar-refractivity contribution in [1.29, 1.82) is 0 Å². The van der Waals surface area contributed by atoms with E-state index >= 15 is 0 Å². The summed E-state index contributed by atoms with van der Waals surface area (Å²) in [6.45, 7) is 1.45. The first kappa shape index (κ1) is 14.6. The molecule has 3 rings (SSSR count). The highest BCUT2D eigenvalue weighted by molar-refractivity contribution is 9.10. The van der Waals surface area contributed by atoms with Crippen molar-refractivity contribution in [1.82, 2.24) is 4.57 Å². The second-order valence-electron chi connectivity index (χ2n) is 5.11. The third-order valence-corrected chi connectivity index (χ3v) is 4.47. The predicted molar refractivity (Wildman–Crippen MR) is 93.0 cm³/mol. The maximum atomic E-state index is 6.31. The fourth-order valence-corrected chi connectivity index (χ4v) is 3.28. The third kappa shape index (κ3) is 3.15. The van der Waals surface area contributed by atoms with Crippen molar-refractivity contribution in [3.05, 3.63) is 69.3 Å². The van der Waals surface area contributed by atoms with Crippen molar-refractivity contribution in [3.8, 4) is 0 Å². The summed E-state index contributed by atoms with van der Waals surface area (Å²) < 4.78 is 3.22. The number of hydrogen-bond acceptors (Lipinski definition) is 1. The lowest BCUT2D eigenvalue weighted by molar-refractivity contribution is 0.836. The van der Waals surface area contributed by atoms with Crippen LogP contribution in [0.25, 0.3) is 10.9 Å². The quantitative estimate of drug-likeness (QED) is 0.721. The lowest BCUT2D eigenvalue weighted by atomic mass is 10.1. The molecule has 4 heteroatoms. The monoisotopic (exact) mass is 362 g/mol. The summed E-state index contributed by atoms with van der Waals surface area (Å²) in [5.41, 5.74) is 9.23. The van der Waals surface area contributed by atoms with E-state index in [2.05, 4.69) is 57.0 Å². The van der Waals surface area contributed by atoms with Crippen molar-refractivity contribution in [2.75, 3.05) is 6.54 Å². The van der Waals surface area contributed by atoms with Gasteiger partial charge in [0, 0.05) is 27.8 Å². The van der Waals surface area contributed by atoms with Crippen LogP contribution in [-0.2, 0) is 13.0 Å². The van der Waals surface area contributed by atoms with E-state index in [-0.39, 0.29) is 0 Å². The van der Waals surface area contributed by atoms with Crippen LogP contribution in [0.3, 0.4) is 0 Å². The van der Waals surface area contributed by atoms with E-state index in [9.17, 15) is 0 Å². The van der Waals surface area contributed by atoms with Gasteiger partial charge in [0.25, 0.3) is 0 Å². The standard InChI is InChI=1S/C17H16BrClN2/c18-15-3-2-14(16(19)10-15)11-21-8-6-13-9-12(5-7-20)1-4-17(13)21/h1-4,6,8-10H,5,7,11,20H2. The first-order chi connectivity index (χ1) is 10.2. The molecular formula is C17H16BrClN2. The summed E-state index contributed by atoms with van der Waals surface area (Å²) in [5.74, 6) is 0. The van der Waals surface area contributed by atoms with E-state index in [4.69, 9.17) is 17.3 Å². The molecule has 3 aromatic rings. The molecule has 0 aliphatic rings. The number of aromatic nitrogens is 1. The van der Waals surface area contributed by atoms with Crippen LogP contribution in [-0.4, -0.2) is 11.1 Å². The summed E-state index contributed by atoms with van der Waals surface area (Å²) >= 11 is 9.74. The first-order valence-electron chi connectivity index (χ1n) is 6.89. The minimum atomic E-state index is 0.681. The molecule has 0 fully saturated rings. The van der Waals surface area contributed by atoms with Crippen molar-refractivity contribution in [3.63, 3.8) is 0 Å². The van der Waals surface area contributed by atoms with Crippen LogP contribution >= 0.6 is 27.5 Å². The summed E-state index contributed by atoms with van der Waals surface area (Å²) in [5, 5.41) is 2.03. The average molecular weight is 364 g/mol. The molecule has 0 amide bonds. The second kappa shape index (κ2) is 6.22. The number of nitrogens with zero attached hydrogens (tertiary/aromatic N) is 1. The maximum absolute atomic E-state index is 6.31. The van der Waals surface area contributed by atoms with Gasteiger partial charge in [0.1, 0.15) is 0 Å². The minimum Gasteiger partial charge on any atom is -0.343 e. The number of benzene rings is 2. The van der Waals surface area contributed by atoms with Gasteiger partial charge < -0.3 is 10.3 Å². The van der Waals surface area contributed by atoms with E-state index in [0.29, 0.717) is 6.54 Å². The van der Waals surface area contributed by atoms with Crippen LogP contribution in [0.5, 0.6) is 0 Å². The van der Waals surface area contributed by atoms with Crippen molar-refractivity contribution >= 4 is 38.4 Å². The molecule has 0 saturated carbocycles. The van der Waals surface area contributed by atoms with Gasteiger partial charge in [0.2, 0.25) is 0 Å². The topological polar surface area (TPSA) is 30.9 Å². The Morgan fingerprint density at radius 3 is 2.71 bits per heavy atom. The summed E-state index contributed by atoms with van der Waals surface area (Å²) in [7, 11) is 0. The average Bonchev–Trinajstić information content (AvgIpc) is 2.85. The molecule has 108 valence electrons. The molecule has 0 unspecified atom stereocenters. The molecule has 0 atom stereocenters. The van der Waals surface area contributed by atoms with Crippen LogP contribution in [0.4, 0.5) is 0 Å². The van der Waals surface area contributed by atoms with Gasteiger partial charge in [0.05, 0.1) is 0 Å². The third-order valence-electron chi connectivity index (χ3n) is 3.62. The SMILES string of the molecule is NCCc1ccc2c(ccn2Cc2ccc(Br)cc2Cl)c1. The van der Waals surface area contributed by atoms with Crippen LogP contribution in [0.1, 0.15) is 11.1 Å². The molecule has 21 heavy (non-hydrogen) atoms. The van der Waals surface area contributed by atoms with Gasteiger partial charge in [-0.25, -0.2) is 0 Å². The molecule has 1 aromatic heterocycles. The number of halogens is 2. The molecule has 2 nitrogen and oxygen atoms in total. The number of rotatable bonds is 4. The van der Waals surface area contributed by atoms with Crippen LogP contribution in [0.2, 0.25) is 5.02 Å². The summed E-state index contributed by atoms with van der Waals surface area (Å²) in [6.07, 6.45) is 3.02. The Hall–Kier alpha value is -1.29. The smallest absolute Gasteiger partial charge is 0.0490 e. The van der Waals surface area contributed by atoms with E-state index in [1.165, 1.54) is 16.5 Å². The molecule has 2 N–H and O–H groups in total. The second-order valence-corrected chi connectivity index (χ2v) is 6.43. The highest BCUT2D eigenvalue weighted by Crippen LogP contribution is 2.24. The molecule has 0 saturated heterocycles. The zero-order chi connectivity index (χ0) is 14.8. The van der Waals surface area contributed by atoms with Crippen LogP contribution in [0, 0.1) is 0 Å². The molecule has 0 radical (unpaired) electrons. The van der Waals surface area contributed by atoms with E-state index in [1.54, 1.807) is 0 Å². The summed E-state index contributed by atoms with van der Waals surface area (Å²) in [4.78, 5) is 0. The molecule has 0 spiro atoms. The van der Waals surface area contributed by atoms with Gasteiger partial charge in [0.15, 0.2) is 0 Å². The van der Waals surface area contributed by atoms with E-state index < -0.39 is 0 Å². The Morgan fingerprint density at radius 2 is 1.95 bits per heavy atom. The molecule has 0 aliphatic carbocycles. The first-order valence-corrected chi connectivity index (χ1v) is 8.06. The normalized spacial score (nSPS) is 11.2. The lowest BCUT2D eigenvalue weighted by Crippen LogP contribution is -2.02. The Balaban J connectivity index is 1.94. The molecule has 1 heterocycles. The van der Waals surface area contributed by atoms with Crippen molar-refractivity contribution < 1.29 is 0 Å². The highest BCUT2D eigenvalue weighted by atomic mass is 79.9. The largest absolute Gasteiger partial charge is 0.343 e. The molecular weight excluding hydrogens is 348 g/mol. The van der Waals surface area contributed by atoms with Crippen LogP contribution in [0.15, 0.2) is 53.1 Å². The predicted octanol–water partition coefficient (Wildman–Crippen LogP) is 4.61. The molecule has 0 aliphatic heterocycles. The number of fused-ring (bicyclic) bond motifs is 1. The highest BCUT2D eigenvalue weighted by Gasteiger charge is 2.06. The number of nitrogens with two attached hydrogens (primary N) is 1. The fraction of sp³-hybridized carbons (Fsp3) is 0.176. The summed E-state index contributed by atoms with van der Waals surface area (Å²) in [6, 6.07) is 14.7. The van der Waals surface area contributed by atoms with Crippen molar-refractivity contribution in [2.45, 2.75) is 13.0 Å². The Labute approximate surface area is 137 Å². The van der Waals surface area contributed by atoms with Gasteiger partial charge in [-0.1, -0.05) is 39.7 Å². The maximum Gasteiger partial charge on any atom is 0.0490 e. The minimum absolute atomic E-state index is 0.681. The molecule has 0 bridgehead atoms. The Kier molecular flexibility index (Phi) is 4.34. The van der Waals surface area contributed by atoms with Crippen LogP contribution < -0.4 is 5.73 Å². The van der Waals surface area contributed by atoms with Crippen molar-refractivity contribution in [2.24, 2.45) is 5.73 Å². The van der Waals surface area contributed by atoms with Gasteiger partial charge in [-0.15, -0.1) is 0 Å². The van der Waals surface area contributed by atoms with E-state index in [0.717, 1.165) is 28.0 Å². The zero-order valence-corrected chi connectivity index (χ0v) is 13.9. The number of hydrogen-bond donors (Lipinski definition) is 1. The fourth-order valence-electron chi connectivity index (χ4n) is 2.54. The van der Waals surface area contributed by atoms with E-state index in [1.807, 2.05) is 12.1 Å². The molecule has 2 aromatic carbocycles. The Bertz CT molecular complexity index is 780.